The minimum atomic E-state index is 0. The molecule has 2 aromatic rings. The van der Waals surface area contributed by atoms with E-state index in [1.54, 1.807) is 0 Å². The number of nitrogens with zero attached hydrogens (tertiary/aromatic N) is 2. The Morgan fingerprint density at radius 2 is 0.506 bits per heavy atom. The Hall–Kier alpha value is -2.61. The van der Waals surface area contributed by atoms with Crippen LogP contribution in [0.2, 0.25) is 0 Å². The SMILES string of the molecule is CCCCCCCCCCCCCCCCCCCC#CCCCc1ccccc1/N=C(CCCC)\C(CCCCCCCC)=N\c1ccccc1CCCC#CCCCCCCCCCCCCCCCCCCC.[Ni]. The van der Waals surface area contributed by atoms with Crippen molar-refractivity contribution < 1.29 is 16.5 Å². The summed E-state index contributed by atoms with van der Waals surface area (Å²) < 4.78 is 0. The molecule has 0 radical (unpaired) electrons. The summed E-state index contributed by atoms with van der Waals surface area (Å²) in [6.45, 7) is 9.23. The third kappa shape index (κ3) is 44.8. The molecule has 2 aromatic carbocycles. The number of hydrogen-bond donors (Lipinski definition) is 0. The molecule has 0 saturated carbocycles. The first-order chi connectivity index (χ1) is 37.7. The number of benzene rings is 2. The molecule has 0 aliphatic carbocycles. The maximum Gasteiger partial charge on any atom is 0.0665 e. The van der Waals surface area contributed by atoms with Gasteiger partial charge in [-0.1, -0.05) is 308 Å². The number of aryl methyl sites for hydroxylation is 2. The Morgan fingerprint density at radius 1 is 0.273 bits per heavy atom. The van der Waals surface area contributed by atoms with Crippen LogP contribution in [0.1, 0.15) is 360 Å². The second-order valence-corrected chi connectivity index (χ2v) is 23.2. The minimum Gasteiger partial charge on any atom is -0.251 e. The zero-order chi connectivity index (χ0) is 54.1. The minimum absolute atomic E-state index is 0. The third-order valence-electron chi connectivity index (χ3n) is 15.9. The molecular formula is C74H124N2Ni. The van der Waals surface area contributed by atoms with E-state index in [2.05, 4.69) is 99.9 Å². The molecule has 0 aliphatic rings. The average Bonchev–Trinajstić information content (AvgIpc) is 3.44. The zero-order valence-corrected chi connectivity index (χ0v) is 52.6. The van der Waals surface area contributed by atoms with Crippen LogP contribution in [-0.2, 0) is 29.3 Å². The molecule has 2 rings (SSSR count). The summed E-state index contributed by atoms with van der Waals surface area (Å²) in [5, 5.41) is 0. The fourth-order valence-electron chi connectivity index (χ4n) is 10.9. The summed E-state index contributed by atoms with van der Waals surface area (Å²) in [5.41, 5.74) is 7.35. The van der Waals surface area contributed by atoms with Gasteiger partial charge in [0.15, 0.2) is 0 Å². The Kier molecular flexibility index (Phi) is 54.6. The summed E-state index contributed by atoms with van der Waals surface area (Å²) in [6, 6.07) is 17.8. The van der Waals surface area contributed by atoms with E-state index in [1.807, 2.05) is 0 Å². The Bertz CT molecular complexity index is 1770. The number of unbranched alkanes of at least 4 members (excludes halogenated alkanes) is 42. The summed E-state index contributed by atoms with van der Waals surface area (Å²) in [5.74, 6) is 14.1. The maximum absolute atomic E-state index is 5.57. The van der Waals surface area contributed by atoms with Crippen LogP contribution in [-0.4, -0.2) is 11.4 Å². The van der Waals surface area contributed by atoms with Gasteiger partial charge >= 0.3 is 0 Å². The van der Waals surface area contributed by atoms with Gasteiger partial charge in [0, 0.05) is 42.2 Å². The maximum atomic E-state index is 5.57. The summed E-state index contributed by atoms with van der Waals surface area (Å²) in [6.07, 6.45) is 68.4. The van der Waals surface area contributed by atoms with E-state index in [0.29, 0.717) is 0 Å². The summed E-state index contributed by atoms with van der Waals surface area (Å²) >= 11 is 0. The van der Waals surface area contributed by atoms with E-state index >= 15 is 0 Å². The molecule has 0 bridgehead atoms. The van der Waals surface area contributed by atoms with Crippen molar-refractivity contribution in [2.75, 3.05) is 0 Å². The van der Waals surface area contributed by atoms with Crippen molar-refractivity contribution in [1.29, 1.82) is 0 Å². The van der Waals surface area contributed by atoms with Crippen LogP contribution in [0.15, 0.2) is 58.5 Å². The van der Waals surface area contributed by atoms with E-state index in [1.165, 1.54) is 279 Å². The molecule has 77 heavy (non-hydrogen) atoms. The van der Waals surface area contributed by atoms with Gasteiger partial charge in [-0.15, -0.1) is 23.7 Å². The van der Waals surface area contributed by atoms with Crippen LogP contribution in [0.4, 0.5) is 11.4 Å². The van der Waals surface area contributed by atoms with Crippen LogP contribution in [0, 0.1) is 23.7 Å². The van der Waals surface area contributed by atoms with Gasteiger partial charge in [0.1, 0.15) is 0 Å². The Morgan fingerprint density at radius 3 is 0.805 bits per heavy atom. The molecule has 2 nitrogen and oxygen atoms in total. The molecule has 0 heterocycles. The molecule has 0 aromatic heterocycles. The fourth-order valence-corrected chi connectivity index (χ4v) is 10.9. The topological polar surface area (TPSA) is 24.7 Å². The monoisotopic (exact) mass is 1100 g/mol. The Balaban J connectivity index is 0.0000296. The van der Waals surface area contributed by atoms with Crippen LogP contribution in [0.3, 0.4) is 0 Å². The number of para-hydroxylation sites is 2. The number of rotatable bonds is 53. The van der Waals surface area contributed by atoms with Gasteiger partial charge in [-0.05, 0) is 87.5 Å². The van der Waals surface area contributed by atoms with Gasteiger partial charge in [-0.25, -0.2) is 0 Å². The van der Waals surface area contributed by atoms with Crippen LogP contribution < -0.4 is 0 Å². The molecule has 0 unspecified atom stereocenters. The van der Waals surface area contributed by atoms with Gasteiger partial charge < -0.3 is 0 Å². The van der Waals surface area contributed by atoms with Crippen molar-refractivity contribution in [3.05, 3.63) is 59.7 Å². The summed E-state index contributed by atoms with van der Waals surface area (Å²) in [4.78, 5) is 11.1. The Labute approximate surface area is 491 Å². The first kappa shape index (κ1) is 72.4. The normalized spacial score (nSPS) is 11.6. The van der Waals surface area contributed by atoms with Gasteiger partial charge in [0.25, 0.3) is 0 Å². The summed E-state index contributed by atoms with van der Waals surface area (Å²) in [7, 11) is 0. The second-order valence-electron chi connectivity index (χ2n) is 23.2. The first-order valence-corrected chi connectivity index (χ1v) is 34.0. The van der Waals surface area contributed by atoms with E-state index in [4.69, 9.17) is 9.98 Å². The van der Waals surface area contributed by atoms with Crippen molar-refractivity contribution in [3.63, 3.8) is 0 Å². The molecular weight excluding hydrogens is 976 g/mol. The molecule has 0 fully saturated rings. The quantitative estimate of drug-likeness (QED) is 0.0273. The van der Waals surface area contributed by atoms with Gasteiger partial charge in [0.05, 0.1) is 22.8 Å². The molecule has 440 valence electrons. The number of aliphatic imine (C=N–C) groups is 2. The molecule has 0 spiro atoms. The van der Waals surface area contributed by atoms with E-state index < -0.39 is 0 Å². The average molecular weight is 1100 g/mol. The van der Waals surface area contributed by atoms with Crippen molar-refractivity contribution in [1.82, 2.24) is 0 Å². The largest absolute Gasteiger partial charge is 0.251 e. The molecule has 3 heteroatoms. The zero-order valence-electron chi connectivity index (χ0n) is 51.6. The van der Waals surface area contributed by atoms with Gasteiger partial charge in [0.2, 0.25) is 0 Å². The molecule has 0 N–H and O–H groups in total. The van der Waals surface area contributed by atoms with Crippen molar-refractivity contribution in [3.8, 4) is 23.7 Å². The second kappa shape index (κ2) is 58.1. The van der Waals surface area contributed by atoms with E-state index in [-0.39, 0.29) is 16.5 Å². The van der Waals surface area contributed by atoms with Gasteiger partial charge in [-0.3, -0.25) is 9.98 Å². The first-order valence-electron chi connectivity index (χ1n) is 34.0. The van der Waals surface area contributed by atoms with Crippen molar-refractivity contribution in [2.45, 2.75) is 362 Å². The van der Waals surface area contributed by atoms with Crippen molar-refractivity contribution in [2.24, 2.45) is 9.98 Å². The smallest absolute Gasteiger partial charge is 0.0665 e. The predicted octanol–water partition coefficient (Wildman–Crippen LogP) is 25.2. The fraction of sp³-hybridized carbons (Fsp3) is 0.757. The van der Waals surface area contributed by atoms with Crippen molar-refractivity contribution >= 4 is 22.8 Å². The van der Waals surface area contributed by atoms with Crippen LogP contribution in [0.25, 0.3) is 0 Å². The third-order valence-corrected chi connectivity index (χ3v) is 15.9. The van der Waals surface area contributed by atoms with E-state index in [0.717, 1.165) is 88.4 Å². The van der Waals surface area contributed by atoms with Crippen LogP contribution >= 0.6 is 0 Å². The van der Waals surface area contributed by atoms with Crippen LogP contribution in [0.5, 0.6) is 0 Å². The number of hydrogen-bond acceptors (Lipinski definition) is 2. The standard InChI is InChI=1S/C74H124N2.Ni/c1-5-9-13-16-19-21-23-25-27-29-31-33-35-37-39-41-43-45-47-49-51-54-61-69-63-57-59-66-71(69)75-73(65-12-8-4)74(68-56-53-18-15-11-7-3)76-72-67-60-58-64-70(72)62-55-52-50-48-46-44-42-40-38-36-34-32-30-28-26-24-22-20-17-14-10-6-2;/h57-60,63-64,66-67H,5-46,51-56,61-62,65,68H2,1-4H3;/b75-73-,76-74+;. The molecule has 0 atom stereocenters. The molecule has 0 aliphatic heterocycles. The van der Waals surface area contributed by atoms with E-state index in [9.17, 15) is 0 Å². The molecule has 0 amide bonds. The predicted molar refractivity (Wildman–Crippen MR) is 344 cm³/mol. The van der Waals surface area contributed by atoms with Gasteiger partial charge in [-0.2, -0.15) is 0 Å². The molecule has 0 saturated heterocycles.